The number of aromatic nitrogens is 1. The number of nitrogens with one attached hydrogen (secondary N) is 1. The molecule has 0 radical (unpaired) electrons. The maximum Gasteiger partial charge on any atom is 0.100 e. The summed E-state index contributed by atoms with van der Waals surface area (Å²) in [6.07, 6.45) is 3.81. The SMILES string of the molecule is CCNC(c1cnccc1C)C1COCCO1. The predicted molar refractivity (Wildman–Crippen MR) is 66.0 cm³/mol. The van der Waals surface area contributed by atoms with Crippen LogP contribution in [-0.2, 0) is 9.47 Å². The molecule has 1 aromatic rings. The molecule has 0 aliphatic carbocycles. The quantitative estimate of drug-likeness (QED) is 0.859. The van der Waals surface area contributed by atoms with Gasteiger partial charge in [0.15, 0.2) is 0 Å². The van der Waals surface area contributed by atoms with E-state index < -0.39 is 0 Å². The van der Waals surface area contributed by atoms with Gasteiger partial charge in [-0.2, -0.15) is 0 Å². The van der Waals surface area contributed by atoms with Crippen molar-refractivity contribution in [2.24, 2.45) is 0 Å². The molecule has 0 spiro atoms. The van der Waals surface area contributed by atoms with Crippen molar-refractivity contribution < 1.29 is 9.47 Å². The normalized spacial score (nSPS) is 22.4. The standard InChI is InChI=1S/C13H20N2O2/c1-3-15-13(12-9-16-6-7-17-12)11-8-14-5-4-10(11)2/h4-5,8,12-13,15H,3,6-7,9H2,1-2H3. The van der Waals surface area contributed by atoms with Gasteiger partial charge in [-0.05, 0) is 30.7 Å². The van der Waals surface area contributed by atoms with E-state index in [1.807, 2.05) is 18.5 Å². The zero-order valence-corrected chi connectivity index (χ0v) is 10.5. The first-order valence-corrected chi connectivity index (χ1v) is 6.16. The molecule has 2 heterocycles. The average Bonchev–Trinajstić information content (AvgIpc) is 2.38. The van der Waals surface area contributed by atoms with E-state index in [-0.39, 0.29) is 12.1 Å². The lowest BCUT2D eigenvalue weighted by atomic mass is 9.99. The van der Waals surface area contributed by atoms with Crippen LogP contribution in [0.5, 0.6) is 0 Å². The van der Waals surface area contributed by atoms with E-state index in [1.165, 1.54) is 11.1 Å². The Balaban J connectivity index is 2.18. The second-order valence-electron chi connectivity index (χ2n) is 4.25. The van der Waals surface area contributed by atoms with Gasteiger partial charge in [-0.3, -0.25) is 4.98 Å². The van der Waals surface area contributed by atoms with Crippen LogP contribution in [0.4, 0.5) is 0 Å². The highest BCUT2D eigenvalue weighted by molar-refractivity contribution is 5.26. The van der Waals surface area contributed by atoms with Crippen molar-refractivity contribution in [3.8, 4) is 0 Å². The third kappa shape index (κ3) is 3.03. The number of rotatable bonds is 4. The minimum atomic E-state index is 0.0756. The van der Waals surface area contributed by atoms with Crippen LogP contribution in [0.3, 0.4) is 0 Å². The fourth-order valence-electron chi connectivity index (χ4n) is 2.16. The third-order valence-electron chi connectivity index (χ3n) is 3.05. The Morgan fingerprint density at radius 2 is 2.41 bits per heavy atom. The molecule has 1 aromatic heterocycles. The molecule has 2 unspecified atom stereocenters. The van der Waals surface area contributed by atoms with E-state index in [4.69, 9.17) is 9.47 Å². The number of ether oxygens (including phenoxy) is 2. The molecular weight excluding hydrogens is 216 g/mol. The highest BCUT2D eigenvalue weighted by Gasteiger charge is 2.27. The van der Waals surface area contributed by atoms with Crippen molar-refractivity contribution in [1.29, 1.82) is 0 Å². The van der Waals surface area contributed by atoms with Crippen LogP contribution < -0.4 is 5.32 Å². The minimum Gasteiger partial charge on any atom is -0.376 e. The lowest BCUT2D eigenvalue weighted by Crippen LogP contribution is -2.40. The molecule has 1 N–H and O–H groups in total. The highest BCUT2D eigenvalue weighted by Crippen LogP contribution is 2.23. The van der Waals surface area contributed by atoms with Crippen molar-refractivity contribution in [3.05, 3.63) is 29.6 Å². The Bertz CT molecular complexity index is 351. The van der Waals surface area contributed by atoms with Gasteiger partial charge in [0.1, 0.15) is 6.10 Å². The third-order valence-corrected chi connectivity index (χ3v) is 3.05. The fourth-order valence-corrected chi connectivity index (χ4v) is 2.16. The molecule has 1 saturated heterocycles. The van der Waals surface area contributed by atoms with Crippen LogP contribution in [0.25, 0.3) is 0 Å². The minimum absolute atomic E-state index is 0.0756. The lowest BCUT2D eigenvalue weighted by molar-refractivity contribution is -0.102. The summed E-state index contributed by atoms with van der Waals surface area (Å²) >= 11 is 0. The molecule has 94 valence electrons. The molecule has 0 bridgehead atoms. The number of hydrogen-bond donors (Lipinski definition) is 1. The van der Waals surface area contributed by atoms with Crippen molar-refractivity contribution in [1.82, 2.24) is 10.3 Å². The van der Waals surface area contributed by atoms with E-state index in [0.29, 0.717) is 19.8 Å². The summed E-state index contributed by atoms with van der Waals surface area (Å²) in [5, 5.41) is 3.46. The Labute approximate surface area is 102 Å². The number of nitrogens with zero attached hydrogens (tertiary/aromatic N) is 1. The monoisotopic (exact) mass is 236 g/mol. The van der Waals surface area contributed by atoms with Crippen LogP contribution in [0.15, 0.2) is 18.5 Å². The summed E-state index contributed by atoms with van der Waals surface area (Å²) in [7, 11) is 0. The lowest BCUT2D eigenvalue weighted by Gasteiger charge is -2.31. The summed E-state index contributed by atoms with van der Waals surface area (Å²) in [5.74, 6) is 0. The first-order chi connectivity index (χ1) is 8.33. The van der Waals surface area contributed by atoms with Crippen LogP contribution >= 0.6 is 0 Å². The molecule has 4 nitrogen and oxygen atoms in total. The van der Waals surface area contributed by atoms with Gasteiger partial charge >= 0.3 is 0 Å². The number of likely N-dealkylation sites (N-methyl/N-ethyl adjacent to an activating group) is 1. The average molecular weight is 236 g/mol. The fraction of sp³-hybridized carbons (Fsp3) is 0.615. The Kier molecular flexibility index (Phi) is 4.48. The molecule has 1 aliphatic rings. The predicted octanol–water partition coefficient (Wildman–Crippen LogP) is 1.46. The molecule has 1 fully saturated rings. The number of aryl methyl sites for hydroxylation is 1. The summed E-state index contributed by atoms with van der Waals surface area (Å²) in [5.41, 5.74) is 2.44. The van der Waals surface area contributed by atoms with Gasteiger partial charge in [-0.25, -0.2) is 0 Å². The van der Waals surface area contributed by atoms with Crippen LogP contribution in [0.1, 0.15) is 24.1 Å². The molecular formula is C13H20N2O2. The Hall–Kier alpha value is -0.970. The van der Waals surface area contributed by atoms with Gasteiger partial charge in [0.2, 0.25) is 0 Å². The van der Waals surface area contributed by atoms with E-state index in [0.717, 1.165) is 6.54 Å². The number of pyridine rings is 1. The maximum absolute atomic E-state index is 5.79. The second-order valence-corrected chi connectivity index (χ2v) is 4.25. The molecule has 0 aromatic carbocycles. The topological polar surface area (TPSA) is 43.4 Å². The first kappa shape index (κ1) is 12.5. The summed E-state index contributed by atoms with van der Waals surface area (Å²) in [4.78, 5) is 4.21. The van der Waals surface area contributed by atoms with Crippen molar-refractivity contribution in [2.45, 2.75) is 26.0 Å². The van der Waals surface area contributed by atoms with Crippen molar-refractivity contribution in [2.75, 3.05) is 26.4 Å². The van der Waals surface area contributed by atoms with Gasteiger partial charge < -0.3 is 14.8 Å². The maximum atomic E-state index is 5.79. The van der Waals surface area contributed by atoms with Crippen LogP contribution in [0.2, 0.25) is 0 Å². The highest BCUT2D eigenvalue weighted by atomic mass is 16.6. The molecule has 4 heteroatoms. The van der Waals surface area contributed by atoms with Crippen LogP contribution in [-0.4, -0.2) is 37.5 Å². The van der Waals surface area contributed by atoms with Crippen molar-refractivity contribution >= 4 is 0 Å². The molecule has 1 aliphatic heterocycles. The molecule has 0 saturated carbocycles. The second kappa shape index (κ2) is 6.10. The van der Waals surface area contributed by atoms with Crippen molar-refractivity contribution in [3.63, 3.8) is 0 Å². The van der Waals surface area contributed by atoms with Gasteiger partial charge in [-0.1, -0.05) is 6.92 Å². The van der Waals surface area contributed by atoms with Gasteiger partial charge in [0, 0.05) is 12.4 Å². The van der Waals surface area contributed by atoms with Crippen LogP contribution in [0, 0.1) is 6.92 Å². The summed E-state index contributed by atoms with van der Waals surface area (Å²) in [6, 6.07) is 2.19. The zero-order valence-electron chi connectivity index (χ0n) is 10.5. The Morgan fingerprint density at radius 3 is 3.06 bits per heavy atom. The van der Waals surface area contributed by atoms with E-state index in [9.17, 15) is 0 Å². The summed E-state index contributed by atoms with van der Waals surface area (Å²) in [6.45, 7) is 7.12. The Morgan fingerprint density at radius 1 is 1.53 bits per heavy atom. The van der Waals surface area contributed by atoms with E-state index in [2.05, 4.69) is 24.1 Å². The van der Waals surface area contributed by atoms with Gasteiger partial charge in [-0.15, -0.1) is 0 Å². The molecule has 2 atom stereocenters. The molecule has 0 amide bonds. The van der Waals surface area contributed by atoms with E-state index in [1.54, 1.807) is 0 Å². The van der Waals surface area contributed by atoms with E-state index >= 15 is 0 Å². The smallest absolute Gasteiger partial charge is 0.100 e. The zero-order chi connectivity index (χ0) is 12.1. The summed E-state index contributed by atoms with van der Waals surface area (Å²) < 4.78 is 11.3. The van der Waals surface area contributed by atoms with Gasteiger partial charge in [0.25, 0.3) is 0 Å². The molecule has 17 heavy (non-hydrogen) atoms. The number of hydrogen-bond acceptors (Lipinski definition) is 4. The molecule has 2 rings (SSSR count). The van der Waals surface area contributed by atoms with Gasteiger partial charge in [0.05, 0.1) is 25.9 Å². The first-order valence-electron chi connectivity index (χ1n) is 6.16. The largest absolute Gasteiger partial charge is 0.376 e.